The fourth-order valence-corrected chi connectivity index (χ4v) is 3.16. The van der Waals surface area contributed by atoms with Crippen LogP contribution < -0.4 is 11.1 Å². The maximum absolute atomic E-state index is 12.6. The molecule has 1 heterocycles. The standard InChI is InChI=1S/C17H23N5O/c18-17(9-5-1-2-6-10-17)13-19-16(23)14-7-3-4-8-15(14)22-12-11-20-21-22/h3-4,7-8,11-12H,1-2,5-6,9-10,13,18H2,(H,19,23). The zero-order chi connectivity index (χ0) is 16.1. The van der Waals surface area contributed by atoms with Crippen molar-refractivity contribution in [2.45, 2.75) is 44.1 Å². The molecule has 1 aromatic carbocycles. The molecule has 1 aliphatic carbocycles. The Hall–Kier alpha value is -2.21. The molecule has 0 unspecified atom stereocenters. The number of para-hydroxylation sites is 1. The number of rotatable bonds is 4. The number of amides is 1. The van der Waals surface area contributed by atoms with Crippen LogP contribution in [0, 0.1) is 0 Å². The summed E-state index contributed by atoms with van der Waals surface area (Å²) in [5.41, 5.74) is 7.49. The quantitative estimate of drug-likeness (QED) is 0.846. The molecule has 122 valence electrons. The molecule has 1 aromatic heterocycles. The highest BCUT2D eigenvalue weighted by Crippen LogP contribution is 2.24. The summed E-state index contributed by atoms with van der Waals surface area (Å²) in [6.45, 7) is 0.511. The first-order valence-electron chi connectivity index (χ1n) is 8.21. The van der Waals surface area contributed by atoms with Gasteiger partial charge < -0.3 is 11.1 Å². The molecule has 2 aromatic rings. The maximum atomic E-state index is 12.6. The minimum atomic E-state index is -0.283. The summed E-state index contributed by atoms with van der Waals surface area (Å²) >= 11 is 0. The van der Waals surface area contributed by atoms with Crippen LogP contribution in [-0.2, 0) is 0 Å². The molecular formula is C17H23N5O. The zero-order valence-corrected chi connectivity index (χ0v) is 13.2. The van der Waals surface area contributed by atoms with E-state index in [4.69, 9.17) is 5.73 Å². The van der Waals surface area contributed by atoms with E-state index in [9.17, 15) is 4.79 Å². The van der Waals surface area contributed by atoms with Crippen molar-refractivity contribution in [3.8, 4) is 5.69 Å². The van der Waals surface area contributed by atoms with Gasteiger partial charge in [0.25, 0.3) is 5.91 Å². The Morgan fingerprint density at radius 3 is 2.65 bits per heavy atom. The molecule has 1 amide bonds. The van der Waals surface area contributed by atoms with Gasteiger partial charge in [-0.15, -0.1) is 5.10 Å². The number of nitrogens with zero attached hydrogens (tertiary/aromatic N) is 3. The molecule has 6 nitrogen and oxygen atoms in total. The van der Waals surface area contributed by atoms with Gasteiger partial charge in [0.15, 0.2) is 0 Å². The van der Waals surface area contributed by atoms with Crippen LogP contribution in [-0.4, -0.2) is 33.0 Å². The number of nitrogens with one attached hydrogen (secondary N) is 1. The first-order valence-corrected chi connectivity index (χ1v) is 8.21. The van der Waals surface area contributed by atoms with E-state index >= 15 is 0 Å². The van der Waals surface area contributed by atoms with Crippen molar-refractivity contribution in [3.63, 3.8) is 0 Å². The highest BCUT2D eigenvalue weighted by atomic mass is 16.1. The van der Waals surface area contributed by atoms with Crippen molar-refractivity contribution in [3.05, 3.63) is 42.2 Å². The van der Waals surface area contributed by atoms with Crippen molar-refractivity contribution in [1.29, 1.82) is 0 Å². The number of hydrogen-bond acceptors (Lipinski definition) is 4. The predicted molar refractivity (Wildman–Crippen MR) is 88.3 cm³/mol. The van der Waals surface area contributed by atoms with Gasteiger partial charge in [-0.25, -0.2) is 4.68 Å². The van der Waals surface area contributed by atoms with Gasteiger partial charge in [0, 0.05) is 12.1 Å². The Morgan fingerprint density at radius 1 is 1.22 bits per heavy atom. The number of hydrogen-bond donors (Lipinski definition) is 2. The molecule has 0 atom stereocenters. The lowest BCUT2D eigenvalue weighted by molar-refractivity contribution is 0.0941. The van der Waals surface area contributed by atoms with Crippen molar-refractivity contribution >= 4 is 5.91 Å². The Labute approximate surface area is 136 Å². The molecule has 0 spiro atoms. The summed E-state index contributed by atoms with van der Waals surface area (Å²) in [5, 5.41) is 10.8. The van der Waals surface area contributed by atoms with E-state index in [0.717, 1.165) is 31.4 Å². The smallest absolute Gasteiger partial charge is 0.253 e. The summed E-state index contributed by atoms with van der Waals surface area (Å²) in [5.74, 6) is -0.120. The molecule has 6 heteroatoms. The zero-order valence-electron chi connectivity index (χ0n) is 13.2. The van der Waals surface area contributed by atoms with Crippen molar-refractivity contribution in [2.75, 3.05) is 6.54 Å². The van der Waals surface area contributed by atoms with Crippen LogP contribution in [0.3, 0.4) is 0 Å². The molecule has 0 saturated heterocycles. The van der Waals surface area contributed by atoms with Gasteiger partial charge in [-0.2, -0.15) is 0 Å². The number of benzene rings is 1. The molecule has 0 aliphatic heterocycles. The first-order chi connectivity index (χ1) is 11.2. The third-order valence-electron chi connectivity index (χ3n) is 4.52. The topological polar surface area (TPSA) is 85.8 Å². The summed E-state index contributed by atoms with van der Waals surface area (Å²) in [6, 6.07) is 7.37. The lowest BCUT2D eigenvalue weighted by atomic mass is 9.91. The van der Waals surface area contributed by atoms with Crippen LogP contribution >= 0.6 is 0 Å². The molecule has 0 radical (unpaired) electrons. The van der Waals surface area contributed by atoms with Gasteiger partial charge in [-0.3, -0.25) is 4.79 Å². The summed E-state index contributed by atoms with van der Waals surface area (Å²) in [6.07, 6.45) is 10.0. The monoisotopic (exact) mass is 313 g/mol. The van der Waals surface area contributed by atoms with Gasteiger partial charge >= 0.3 is 0 Å². The maximum Gasteiger partial charge on any atom is 0.253 e. The lowest BCUT2D eigenvalue weighted by Gasteiger charge is -2.28. The lowest BCUT2D eigenvalue weighted by Crippen LogP contribution is -2.49. The molecule has 3 rings (SSSR count). The van der Waals surface area contributed by atoms with Crippen molar-refractivity contribution in [1.82, 2.24) is 20.3 Å². The van der Waals surface area contributed by atoms with E-state index < -0.39 is 0 Å². The Kier molecular flexibility index (Phi) is 4.71. The minimum Gasteiger partial charge on any atom is -0.350 e. The van der Waals surface area contributed by atoms with E-state index in [1.165, 1.54) is 12.8 Å². The third kappa shape index (κ3) is 3.76. The SMILES string of the molecule is NC1(CNC(=O)c2ccccc2-n2ccnn2)CCCCCC1. The van der Waals surface area contributed by atoms with Gasteiger partial charge in [0.05, 0.1) is 23.6 Å². The Bertz CT molecular complexity index is 645. The highest BCUT2D eigenvalue weighted by molar-refractivity contribution is 5.97. The largest absolute Gasteiger partial charge is 0.350 e. The second-order valence-corrected chi connectivity index (χ2v) is 6.32. The van der Waals surface area contributed by atoms with Crippen molar-refractivity contribution in [2.24, 2.45) is 5.73 Å². The van der Waals surface area contributed by atoms with Gasteiger partial charge in [0.2, 0.25) is 0 Å². The minimum absolute atomic E-state index is 0.120. The molecule has 3 N–H and O–H groups in total. The fraction of sp³-hybridized carbons (Fsp3) is 0.471. The fourth-order valence-electron chi connectivity index (χ4n) is 3.16. The second-order valence-electron chi connectivity index (χ2n) is 6.32. The second kappa shape index (κ2) is 6.91. The number of carbonyl (C=O) groups is 1. The van der Waals surface area contributed by atoms with Gasteiger partial charge in [0.1, 0.15) is 0 Å². The Balaban J connectivity index is 1.71. The van der Waals surface area contributed by atoms with Crippen LogP contribution in [0.15, 0.2) is 36.7 Å². The van der Waals surface area contributed by atoms with E-state index in [0.29, 0.717) is 12.1 Å². The number of carbonyl (C=O) groups excluding carboxylic acids is 1. The van der Waals surface area contributed by atoms with Crippen LogP contribution in [0.5, 0.6) is 0 Å². The van der Waals surface area contributed by atoms with E-state index in [-0.39, 0.29) is 11.4 Å². The van der Waals surface area contributed by atoms with Crippen LogP contribution in [0.2, 0.25) is 0 Å². The van der Waals surface area contributed by atoms with E-state index in [1.54, 1.807) is 23.1 Å². The number of nitrogens with two attached hydrogens (primary N) is 1. The van der Waals surface area contributed by atoms with E-state index in [1.807, 2.05) is 18.2 Å². The molecular weight excluding hydrogens is 290 g/mol. The average Bonchev–Trinajstić information content (AvgIpc) is 3.02. The van der Waals surface area contributed by atoms with Crippen LogP contribution in [0.25, 0.3) is 5.69 Å². The highest BCUT2D eigenvalue weighted by Gasteiger charge is 2.27. The van der Waals surface area contributed by atoms with E-state index in [2.05, 4.69) is 15.6 Å². The molecule has 0 bridgehead atoms. The predicted octanol–water partition coefficient (Wildman–Crippen LogP) is 2.05. The number of aromatic nitrogens is 3. The normalized spacial score (nSPS) is 17.4. The first kappa shape index (κ1) is 15.7. The van der Waals surface area contributed by atoms with Crippen LogP contribution in [0.4, 0.5) is 0 Å². The molecule has 1 saturated carbocycles. The van der Waals surface area contributed by atoms with Gasteiger partial charge in [-0.1, -0.05) is 43.0 Å². The average molecular weight is 313 g/mol. The third-order valence-corrected chi connectivity index (χ3v) is 4.52. The summed E-state index contributed by atoms with van der Waals surface area (Å²) < 4.78 is 1.60. The van der Waals surface area contributed by atoms with Crippen LogP contribution in [0.1, 0.15) is 48.9 Å². The molecule has 1 aliphatic rings. The van der Waals surface area contributed by atoms with Gasteiger partial charge in [-0.05, 0) is 25.0 Å². The summed E-state index contributed by atoms with van der Waals surface area (Å²) in [7, 11) is 0. The summed E-state index contributed by atoms with van der Waals surface area (Å²) in [4.78, 5) is 12.6. The Morgan fingerprint density at radius 2 is 1.96 bits per heavy atom. The van der Waals surface area contributed by atoms with Crippen molar-refractivity contribution < 1.29 is 4.79 Å². The molecule has 1 fully saturated rings. The molecule has 23 heavy (non-hydrogen) atoms.